The van der Waals surface area contributed by atoms with Crippen LogP contribution in [0.3, 0.4) is 0 Å². The lowest BCUT2D eigenvalue weighted by Crippen LogP contribution is -2.23. The molecule has 76 valence electrons. The summed E-state index contributed by atoms with van der Waals surface area (Å²) in [5.41, 5.74) is 6.55. The van der Waals surface area contributed by atoms with Crippen LogP contribution in [0.4, 0.5) is 13.2 Å². The zero-order valence-corrected chi connectivity index (χ0v) is 7.40. The Morgan fingerprint density at radius 1 is 1.31 bits per heavy atom. The first-order valence-corrected chi connectivity index (χ1v) is 4.47. The van der Waals surface area contributed by atoms with Crippen molar-refractivity contribution in [1.82, 2.24) is 0 Å². The molecule has 1 aliphatic rings. The van der Waals surface area contributed by atoms with Crippen molar-refractivity contribution in [2.75, 3.05) is 0 Å². The quantitative estimate of drug-likeness (QED) is 0.636. The van der Waals surface area contributed by atoms with Crippen molar-refractivity contribution in [2.24, 2.45) is 5.73 Å². The van der Waals surface area contributed by atoms with Gasteiger partial charge in [-0.25, -0.2) is 0 Å². The fraction of sp³-hybridized carbons (Fsp3) is 0.778. The molecule has 0 bridgehead atoms. The Balaban J connectivity index is 2.36. The Morgan fingerprint density at radius 3 is 2.31 bits per heavy atom. The molecule has 13 heavy (non-hydrogen) atoms. The van der Waals surface area contributed by atoms with E-state index < -0.39 is 12.6 Å². The SMILES string of the molecule is NC1CCC(=CCC(F)(F)F)CC1. The van der Waals surface area contributed by atoms with Crippen LogP contribution < -0.4 is 5.73 Å². The second kappa shape index (κ2) is 4.13. The fourth-order valence-electron chi connectivity index (χ4n) is 1.48. The Morgan fingerprint density at radius 2 is 1.85 bits per heavy atom. The van der Waals surface area contributed by atoms with E-state index >= 15 is 0 Å². The van der Waals surface area contributed by atoms with E-state index in [9.17, 15) is 13.2 Å². The van der Waals surface area contributed by atoms with Gasteiger partial charge >= 0.3 is 6.18 Å². The predicted octanol–water partition coefficient (Wildman–Crippen LogP) is 2.77. The first-order chi connectivity index (χ1) is 5.97. The molecule has 4 heteroatoms. The average Bonchev–Trinajstić information content (AvgIpc) is 2.02. The summed E-state index contributed by atoms with van der Waals surface area (Å²) in [6.45, 7) is 0. The van der Waals surface area contributed by atoms with Gasteiger partial charge in [-0.2, -0.15) is 13.2 Å². The monoisotopic (exact) mass is 193 g/mol. The smallest absolute Gasteiger partial charge is 0.328 e. The molecule has 0 aromatic carbocycles. The van der Waals surface area contributed by atoms with Gasteiger partial charge in [-0.3, -0.25) is 0 Å². The molecule has 0 aromatic heterocycles. The lowest BCUT2D eigenvalue weighted by Gasteiger charge is -2.20. The zero-order chi connectivity index (χ0) is 9.90. The third-order valence-electron chi connectivity index (χ3n) is 2.29. The van der Waals surface area contributed by atoms with E-state index in [1.54, 1.807) is 0 Å². The molecule has 1 saturated carbocycles. The molecule has 1 aliphatic carbocycles. The van der Waals surface area contributed by atoms with Crippen LogP contribution in [-0.4, -0.2) is 12.2 Å². The lowest BCUT2D eigenvalue weighted by molar-refractivity contribution is -0.125. The summed E-state index contributed by atoms with van der Waals surface area (Å²) in [6, 6.07) is 0.183. The minimum atomic E-state index is -4.06. The highest BCUT2D eigenvalue weighted by molar-refractivity contribution is 5.06. The van der Waals surface area contributed by atoms with Gasteiger partial charge in [0.25, 0.3) is 0 Å². The summed E-state index contributed by atoms with van der Waals surface area (Å²) < 4.78 is 35.5. The summed E-state index contributed by atoms with van der Waals surface area (Å²) in [6.07, 6.45) is -0.433. The first-order valence-electron chi connectivity index (χ1n) is 4.47. The Hall–Kier alpha value is -0.510. The number of alkyl halides is 3. The number of hydrogen-bond acceptors (Lipinski definition) is 1. The van der Waals surface area contributed by atoms with Gasteiger partial charge in [-0.1, -0.05) is 11.6 Å². The molecule has 0 aromatic rings. The topological polar surface area (TPSA) is 26.0 Å². The summed E-state index contributed by atoms with van der Waals surface area (Å²) in [7, 11) is 0. The normalized spacial score (nSPS) is 24.6. The highest BCUT2D eigenvalue weighted by Crippen LogP contribution is 2.26. The number of hydrogen-bond donors (Lipinski definition) is 1. The van der Waals surface area contributed by atoms with E-state index in [2.05, 4.69) is 0 Å². The van der Waals surface area contributed by atoms with Crippen LogP contribution in [0.2, 0.25) is 0 Å². The number of nitrogens with two attached hydrogens (primary N) is 1. The van der Waals surface area contributed by atoms with Crippen molar-refractivity contribution < 1.29 is 13.2 Å². The second-order valence-electron chi connectivity index (χ2n) is 3.52. The Bertz CT molecular complexity index is 186. The van der Waals surface area contributed by atoms with E-state index in [0.717, 1.165) is 31.3 Å². The van der Waals surface area contributed by atoms with Crippen molar-refractivity contribution >= 4 is 0 Å². The average molecular weight is 193 g/mol. The van der Waals surface area contributed by atoms with Crippen LogP contribution in [0.15, 0.2) is 11.6 Å². The summed E-state index contributed by atoms with van der Waals surface area (Å²) >= 11 is 0. The third-order valence-corrected chi connectivity index (χ3v) is 2.29. The van der Waals surface area contributed by atoms with Gasteiger partial charge in [-0.15, -0.1) is 0 Å². The molecule has 1 nitrogen and oxygen atoms in total. The summed E-state index contributed by atoms with van der Waals surface area (Å²) in [4.78, 5) is 0. The van der Waals surface area contributed by atoms with Crippen LogP contribution in [0.1, 0.15) is 32.1 Å². The maximum atomic E-state index is 11.8. The Kier molecular flexibility index (Phi) is 3.36. The van der Waals surface area contributed by atoms with Gasteiger partial charge in [0.05, 0.1) is 6.42 Å². The van der Waals surface area contributed by atoms with Crippen LogP contribution in [-0.2, 0) is 0 Å². The first kappa shape index (κ1) is 10.6. The molecule has 0 unspecified atom stereocenters. The van der Waals surface area contributed by atoms with E-state index in [4.69, 9.17) is 5.73 Å². The number of halogens is 3. The van der Waals surface area contributed by atoms with E-state index in [1.807, 2.05) is 0 Å². The summed E-state index contributed by atoms with van der Waals surface area (Å²) in [5.74, 6) is 0. The van der Waals surface area contributed by atoms with Gasteiger partial charge in [0, 0.05) is 6.04 Å². The van der Waals surface area contributed by atoms with Crippen LogP contribution >= 0.6 is 0 Å². The minimum absolute atomic E-state index is 0.183. The molecule has 0 aliphatic heterocycles. The largest absolute Gasteiger partial charge is 0.392 e. The molecule has 1 rings (SSSR count). The minimum Gasteiger partial charge on any atom is -0.328 e. The highest BCUT2D eigenvalue weighted by atomic mass is 19.4. The molecule has 2 N–H and O–H groups in total. The highest BCUT2D eigenvalue weighted by Gasteiger charge is 2.25. The van der Waals surface area contributed by atoms with Crippen LogP contribution in [0.25, 0.3) is 0 Å². The van der Waals surface area contributed by atoms with Gasteiger partial charge in [0.2, 0.25) is 0 Å². The summed E-state index contributed by atoms with van der Waals surface area (Å²) in [5, 5.41) is 0. The van der Waals surface area contributed by atoms with Gasteiger partial charge in [0.1, 0.15) is 0 Å². The van der Waals surface area contributed by atoms with E-state index in [1.165, 1.54) is 6.08 Å². The van der Waals surface area contributed by atoms with Crippen molar-refractivity contribution in [3.8, 4) is 0 Å². The molecular weight excluding hydrogens is 179 g/mol. The molecule has 0 saturated heterocycles. The third kappa shape index (κ3) is 4.31. The fourth-order valence-corrected chi connectivity index (χ4v) is 1.48. The van der Waals surface area contributed by atoms with Crippen molar-refractivity contribution in [1.29, 1.82) is 0 Å². The van der Waals surface area contributed by atoms with E-state index in [-0.39, 0.29) is 6.04 Å². The maximum absolute atomic E-state index is 11.8. The van der Waals surface area contributed by atoms with E-state index in [0.29, 0.717) is 0 Å². The maximum Gasteiger partial charge on any atom is 0.392 e. The van der Waals surface area contributed by atoms with Crippen LogP contribution in [0, 0.1) is 0 Å². The van der Waals surface area contributed by atoms with Crippen LogP contribution in [0.5, 0.6) is 0 Å². The number of allylic oxidation sites excluding steroid dienone is 2. The second-order valence-corrected chi connectivity index (χ2v) is 3.52. The van der Waals surface area contributed by atoms with Gasteiger partial charge < -0.3 is 5.73 Å². The molecule has 1 fully saturated rings. The Labute approximate surface area is 75.8 Å². The molecule has 0 amide bonds. The van der Waals surface area contributed by atoms with Gasteiger partial charge in [0.15, 0.2) is 0 Å². The van der Waals surface area contributed by atoms with Crippen molar-refractivity contribution in [3.63, 3.8) is 0 Å². The molecule has 0 radical (unpaired) electrons. The molecular formula is C9H14F3N. The standard InChI is InChI=1S/C9H14F3N/c10-9(11,12)6-5-7-1-3-8(13)4-2-7/h5,8H,1-4,6,13H2. The molecule has 0 atom stereocenters. The van der Waals surface area contributed by atoms with Crippen molar-refractivity contribution in [2.45, 2.75) is 44.3 Å². The lowest BCUT2D eigenvalue weighted by atomic mass is 9.91. The zero-order valence-electron chi connectivity index (χ0n) is 7.40. The number of rotatable bonds is 1. The molecule has 0 spiro atoms. The van der Waals surface area contributed by atoms with Gasteiger partial charge in [-0.05, 0) is 25.7 Å². The molecule has 0 heterocycles. The van der Waals surface area contributed by atoms with Crippen molar-refractivity contribution in [3.05, 3.63) is 11.6 Å². The predicted molar refractivity (Wildman–Crippen MR) is 45.2 cm³/mol.